The molecule has 22 heavy (non-hydrogen) atoms. The number of pyridine rings is 1. The van der Waals surface area contributed by atoms with Gasteiger partial charge in [-0.15, -0.1) is 0 Å². The lowest BCUT2D eigenvalue weighted by Gasteiger charge is -2.36. The Labute approximate surface area is 128 Å². The largest absolute Gasteiger partial charge is 0.417 e. The highest BCUT2D eigenvalue weighted by molar-refractivity contribution is 5.38. The summed E-state index contributed by atoms with van der Waals surface area (Å²) < 4.78 is 43.2. The second-order valence-electron chi connectivity index (χ2n) is 5.84. The van der Waals surface area contributed by atoms with E-state index in [4.69, 9.17) is 4.74 Å². The van der Waals surface area contributed by atoms with E-state index in [1.165, 1.54) is 6.07 Å². The van der Waals surface area contributed by atoms with Gasteiger partial charge in [-0.05, 0) is 26.0 Å². The number of nitrogens with zero attached hydrogens (tertiary/aromatic N) is 3. The Morgan fingerprint density at radius 3 is 2.41 bits per heavy atom. The third-order valence-corrected chi connectivity index (χ3v) is 3.71. The van der Waals surface area contributed by atoms with Gasteiger partial charge in [0.1, 0.15) is 5.82 Å². The summed E-state index contributed by atoms with van der Waals surface area (Å²) in [6.45, 7) is 7.37. The van der Waals surface area contributed by atoms with E-state index in [0.717, 1.165) is 31.9 Å². The van der Waals surface area contributed by atoms with Crippen LogP contribution in [0.2, 0.25) is 0 Å². The van der Waals surface area contributed by atoms with Crippen molar-refractivity contribution < 1.29 is 17.9 Å². The molecule has 0 N–H and O–H groups in total. The second kappa shape index (κ2) is 6.83. The van der Waals surface area contributed by atoms with Gasteiger partial charge in [-0.1, -0.05) is 0 Å². The van der Waals surface area contributed by atoms with Crippen LogP contribution in [-0.2, 0) is 10.9 Å². The van der Waals surface area contributed by atoms with E-state index in [0.29, 0.717) is 12.4 Å². The molecule has 0 unspecified atom stereocenters. The van der Waals surface area contributed by atoms with Gasteiger partial charge in [-0.2, -0.15) is 13.2 Å². The molecular formula is C15H22F3N3O. The lowest BCUT2D eigenvalue weighted by Crippen LogP contribution is -2.47. The van der Waals surface area contributed by atoms with Crippen molar-refractivity contribution in [1.82, 2.24) is 9.88 Å². The summed E-state index contributed by atoms with van der Waals surface area (Å²) in [5, 5.41) is 0. The van der Waals surface area contributed by atoms with Crippen LogP contribution >= 0.6 is 0 Å². The Balaban J connectivity index is 1.88. The minimum atomic E-state index is -4.34. The molecule has 1 aromatic heterocycles. The van der Waals surface area contributed by atoms with Crippen molar-refractivity contribution in [1.29, 1.82) is 0 Å². The average Bonchev–Trinajstić information content (AvgIpc) is 2.43. The number of morpholine rings is 1. The quantitative estimate of drug-likeness (QED) is 0.853. The molecule has 0 saturated carbocycles. The Hall–Kier alpha value is -1.34. The molecule has 1 aromatic rings. The highest BCUT2D eigenvalue weighted by Gasteiger charge is 2.30. The summed E-state index contributed by atoms with van der Waals surface area (Å²) >= 11 is 0. The van der Waals surface area contributed by atoms with Crippen molar-refractivity contribution >= 4 is 5.82 Å². The summed E-state index contributed by atoms with van der Waals surface area (Å²) in [6, 6.07) is 2.48. The molecule has 1 saturated heterocycles. The van der Waals surface area contributed by atoms with E-state index in [-0.39, 0.29) is 12.2 Å². The van der Waals surface area contributed by atoms with E-state index >= 15 is 0 Å². The molecule has 0 bridgehead atoms. The van der Waals surface area contributed by atoms with Gasteiger partial charge in [-0.3, -0.25) is 4.90 Å². The smallest absolute Gasteiger partial charge is 0.373 e. The first-order valence-electron chi connectivity index (χ1n) is 7.38. The van der Waals surface area contributed by atoms with Crippen LogP contribution in [0.4, 0.5) is 19.0 Å². The lowest BCUT2D eigenvalue weighted by atomic mass is 10.2. The van der Waals surface area contributed by atoms with Gasteiger partial charge in [0.25, 0.3) is 0 Å². The number of hydrogen-bond acceptors (Lipinski definition) is 4. The summed E-state index contributed by atoms with van der Waals surface area (Å²) in [6.07, 6.45) is -3.05. The van der Waals surface area contributed by atoms with Crippen molar-refractivity contribution in [3.8, 4) is 0 Å². The van der Waals surface area contributed by atoms with Crippen LogP contribution in [0.25, 0.3) is 0 Å². The minimum Gasteiger partial charge on any atom is -0.373 e. The van der Waals surface area contributed by atoms with Crippen molar-refractivity contribution in [2.75, 3.05) is 38.1 Å². The van der Waals surface area contributed by atoms with E-state index in [1.807, 2.05) is 25.8 Å². The maximum Gasteiger partial charge on any atom is 0.417 e. The maximum atomic E-state index is 12.5. The fraction of sp³-hybridized carbons (Fsp3) is 0.667. The molecule has 1 fully saturated rings. The summed E-state index contributed by atoms with van der Waals surface area (Å²) in [4.78, 5) is 8.07. The first-order chi connectivity index (χ1) is 10.3. The first-order valence-corrected chi connectivity index (χ1v) is 7.38. The topological polar surface area (TPSA) is 28.6 Å². The van der Waals surface area contributed by atoms with Crippen LogP contribution < -0.4 is 4.90 Å². The van der Waals surface area contributed by atoms with E-state index in [2.05, 4.69) is 9.88 Å². The third kappa shape index (κ3) is 4.58. The summed E-state index contributed by atoms with van der Waals surface area (Å²) in [7, 11) is 1.84. The van der Waals surface area contributed by atoms with Crippen LogP contribution in [0.15, 0.2) is 18.3 Å². The van der Waals surface area contributed by atoms with E-state index < -0.39 is 11.7 Å². The second-order valence-corrected chi connectivity index (χ2v) is 5.84. The van der Waals surface area contributed by atoms with Crippen LogP contribution in [0, 0.1) is 0 Å². The van der Waals surface area contributed by atoms with Crippen LogP contribution in [0.1, 0.15) is 19.4 Å². The Bertz CT molecular complexity index is 468. The predicted octanol–water partition coefficient (Wildman–Crippen LogP) is 2.65. The molecule has 2 rings (SSSR count). The van der Waals surface area contributed by atoms with Crippen LogP contribution in [0.3, 0.4) is 0 Å². The standard InChI is InChI=1S/C15H22F3N3O/c1-11-9-21(10-12(2)22-11)7-6-20(3)14-5-4-13(8-19-14)15(16,17)18/h4-5,8,11-12H,6-7,9-10H2,1-3H3/t11-,12+. The van der Waals surface area contributed by atoms with Gasteiger partial charge < -0.3 is 9.64 Å². The van der Waals surface area contributed by atoms with Crippen molar-refractivity contribution in [2.45, 2.75) is 32.2 Å². The van der Waals surface area contributed by atoms with Gasteiger partial charge in [0.2, 0.25) is 0 Å². The fourth-order valence-corrected chi connectivity index (χ4v) is 2.65. The highest BCUT2D eigenvalue weighted by Crippen LogP contribution is 2.29. The molecule has 0 radical (unpaired) electrons. The van der Waals surface area contributed by atoms with Gasteiger partial charge in [0, 0.05) is 39.4 Å². The van der Waals surface area contributed by atoms with Crippen LogP contribution in [-0.4, -0.2) is 55.3 Å². The number of rotatable bonds is 4. The van der Waals surface area contributed by atoms with E-state index in [9.17, 15) is 13.2 Å². The number of anilines is 1. The molecular weight excluding hydrogens is 295 g/mol. The lowest BCUT2D eigenvalue weighted by molar-refractivity contribution is -0.137. The maximum absolute atomic E-state index is 12.5. The number of halogens is 3. The van der Waals surface area contributed by atoms with Crippen molar-refractivity contribution in [3.63, 3.8) is 0 Å². The molecule has 0 aliphatic carbocycles. The number of alkyl halides is 3. The molecule has 0 amide bonds. The fourth-order valence-electron chi connectivity index (χ4n) is 2.65. The molecule has 4 nitrogen and oxygen atoms in total. The number of ether oxygens (including phenoxy) is 1. The molecule has 1 aliphatic heterocycles. The SMILES string of the molecule is C[C@@H]1CN(CCN(C)c2ccc(C(F)(F)F)cn2)C[C@H](C)O1. The average molecular weight is 317 g/mol. The zero-order valence-corrected chi connectivity index (χ0v) is 13.1. The summed E-state index contributed by atoms with van der Waals surface area (Å²) in [5.74, 6) is 0.544. The molecule has 0 spiro atoms. The van der Waals surface area contributed by atoms with Gasteiger partial charge in [-0.25, -0.2) is 4.98 Å². The van der Waals surface area contributed by atoms with Crippen LogP contribution in [0.5, 0.6) is 0 Å². The molecule has 124 valence electrons. The molecule has 7 heteroatoms. The number of aromatic nitrogens is 1. The van der Waals surface area contributed by atoms with Gasteiger partial charge >= 0.3 is 6.18 Å². The van der Waals surface area contributed by atoms with Crippen molar-refractivity contribution in [2.24, 2.45) is 0 Å². The monoisotopic (exact) mass is 317 g/mol. The van der Waals surface area contributed by atoms with Crippen molar-refractivity contribution in [3.05, 3.63) is 23.9 Å². The zero-order chi connectivity index (χ0) is 16.3. The first kappa shape index (κ1) is 17.0. The van der Waals surface area contributed by atoms with E-state index in [1.54, 1.807) is 0 Å². The molecule has 2 heterocycles. The predicted molar refractivity (Wildman–Crippen MR) is 79.0 cm³/mol. The molecule has 2 atom stereocenters. The Morgan fingerprint density at radius 1 is 1.27 bits per heavy atom. The molecule has 0 aromatic carbocycles. The van der Waals surface area contributed by atoms with Gasteiger partial charge in [0.15, 0.2) is 0 Å². The van der Waals surface area contributed by atoms with Gasteiger partial charge in [0.05, 0.1) is 17.8 Å². The summed E-state index contributed by atoms with van der Waals surface area (Å²) in [5.41, 5.74) is -0.722. The third-order valence-electron chi connectivity index (χ3n) is 3.71. The number of likely N-dealkylation sites (N-methyl/N-ethyl adjacent to an activating group) is 1. The Kier molecular flexibility index (Phi) is 5.28. The number of hydrogen-bond donors (Lipinski definition) is 0. The minimum absolute atomic E-state index is 0.207. The zero-order valence-electron chi connectivity index (χ0n) is 13.1. The molecule has 1 aliphatic rings. The Morgan fingerprint density at radius 2 is 1.91 bits per heavy atom. The normalized spacial score (nSPS) is 23.5. The highest BCUT2D eigenvalue weighted by atomic mass is 19.4.